The molecule has 0 bridgehead atoms. The summed E-state index contributed by atoms with van der Waals surface area (Å²) in [5, 5.41) is 0. The molecule has 0 atom stereocenters. The second-order valence-electron chi connectivity index (χ2n) is 4.99. The molecule has 0 aliphatic rings. The van der Waals surface area contributed by atoms with Crippen molar-refractivity contribution < 1.29 is 19.0 Å². The van der Waals surface area contributed by atoms with E-state index in [1.54, 1.807) is 38.5 Å². The third-order valence-corrected chi connectivity index (χ3v) is 4.05. The number of benzene rings is 2. The van der Waals surface area contributed by atoms with Crippen molar-refractivity contribution in [3.63, 3.8) is 0 Å². The molecular formula is C19H19BrO4. The standard InChI is InChI=1S/C19H19BrO4/c1-4-13-5-8-16(15(20)11-13)24-19(21)10-7-14-6-9-17(22-2)18(12-14)23-3/h5-12H,4H2,1-3H3/b10-7+. The highest BCUT2D eigenvalue weighted by molar-refractivity contribution is 9.10. The molecule has 0 fully saturated rings. The van der Waals surface area contributed by atoms with Gasteiger partial charge in [-0.1, -0.05) is 19.1 Å². The first-order valence-electron chi connectivity index (χ1n) is 7.47. The third-order valence-electron chi connectivity index (χ3n) is 3.43. The average molecular weight is 391 g/mol. The summed E-state index contributed by atoms with van der Waals surface area (Å²) in [6.45, 7) is 2.07. The van der Waals surface area contributed by atoms with Gasteiger partial charge in [0.15, 0.2) is 11.5 Å². The summed E-state index contributed by atoms with van der Waals surface area (Å²) >= 11 is 3.42. The van der Waals surface area contributed by atoms with Gasteiger partial charge in [0.1, 0.15) is 5.75 Å². The zero-order chi connectivity index (χ0) is 17.5. The third kappa shape index (κ3) is 4.61. The van der Waals surface area contributed by atoms with E-state index in [-0.39, 0.29) is 0 Å². The Balaban J connectivity index is 2.08. The number of ether oxygens (including phenoxy) is 3. The molecule has 0 aliphatic carbocycles. The van der Waals surface area contributed by atoms with Gasteiger partial charge in [0.25, 0.3) is 0 Å². The van der Waals surface area contributed by atoms with Gasteiger partial charge < -0.3 is 14.2 Å². The summed E-state index contributed by atoms with van der Waals surface area (Å²) in [6, 6.07) is 11.1. The van der Waals surface area contributed by atoms with Gasteiger partial charge in [-0.3, -0.25) is 0 Å². The zero-order valence-corrected chi connectivity index (χ0v) is 15.4. The Hall–Kier alpha value is -2.27. The monoisotopic (exact) mass is 390 g/mol. The van der Waals surface area contributed by atoms with Crippen molar-refractivity contribution in [1.82, 2.24) is 0 Å². The highest BCUT2D eigenvalue weighted by Gasteiger charge is 2.07. The van der Waals surface area contributed by atoms with E-state index in [1.165, 1.54) is 11.6 Å². The maximum absolute atomic E-state index is 12.0. The van der Waals surface area contributed by atoms with Crippen molar-refractivity contribution >= 4 is 28.0 Å². The molecule has 0 heterocycles. The van der Waals surface area contributed by atoms with Crippen molar-refractivity contribution in [3.8, 4) is 17.2 Å². The first kappa shape index (κ1) is 18.1. The minimum atomic E-state index is -0.449. The number of rotatable bonds is 6. The van der Waals surface area contributed by atoms with Crippen molar-refractivity contribution in [2.75, 3.05) is 14.2 Å². The lowest BCUT2D eigenvalue weighted by Gasteiger charge is -2.08. The second kappa shape index (κ2) is 8.55. The first-order chi connectivity index (χ1) is 11.6. The van der Waals surface area contributed by atoms with Crippen molar-refractivity contribution in [1.29, 1.82) is 0 Å². The van der Waals surface area contributed by atoms with Crippen LogP contribution in [0.5, 0.6) is 17.2 Å². The van der Waals surface area contributed by atoms with Gasteiger partial charge in [-0.15, -0.1) is 0 Å². The molecule has 2 aromatic rings. The Morgan fingerprint density at radius 1 is 1.04 bits per heavy atom. The topological polar surface area (TPSA) is 44.8 Å². The SMILES string of the molecule is CCc1ccc(OC(=O)/C=C/c2ccc(OC)c(OC)c2)c(Br)c1. The van der Waals surface area contributed by atoms with Crippen molar-refractivity contribution in [2.24, 2.45) is 0 Å². The van der Waals surface area contributed by atoms with E-state index in [0.717, 1.165) is 16.5 Å². The molecule has 0 radical (unpaired) electrons. The van der Waals surface area contributed by atoms with Crippen LogP contribution in [0.3, 0.4) is 0 Å². The number of carbonyl (C=O) groups excluding carboxylic acids is 1. The molecule has 2 rings (SSSR count). The van der Waals surface area contributed by atoms with Crippen LogP contribution in [0.1, 0.15) is 18.1 Å². The van der Waals surface area contributed by atoms with Crippen LogP contribution in [0.4, 0.5) is 0 Å². The minimum absolute atomic E-state index is 0.449. The van der Waals surface area contributed by atoms with Crippen LogP contribution < -0.4 is 14.2 Å². The Morgan fingerprint density at radius 2 is 1.75 bits per heavy atom. The van der Waals surface area contributed by atoms with E-state index in [0.29, 0.717) is 17.2 Å². The summed E-state index contributed by atoms with van der Waals surface area (Å²) in [5.41, 5.74) is 1.98. The van der Waals surface area contributed by atoms with Gasteiger partial charge in [-0.25, -0.2) is 4.79 Å². The van der Waals surface area contributed by atoms with Crippen molar-refractivity contribution in [3.05, 3.63) is 58.1 Å². The number of aryl methyl sites for hydroxylation is 1. The van der Waals surface area contributed by atoms with Gasteiger partial charge in [0, 0.05) is 6.08 Å². The molecule has 0 aliphatic heterocycles. The summed E-state index contributed by atoms with van der Waals surface area (Å²) in [6.07, 6.45) is 3.96. The average Bonchev–Trinajstić information content (AvgIpc) is 2.61. The van der Waals surface area contributed by atoms with Gasteiger partial charge in [0.2, 0.25) is 0 Å². The van der Waals surface area contributed by atoms with Gasteiger partial charge in [-0.2, -0.15) is 0 Å². The maximum atomic E-state index is 12.0. The fraction of sp³-hybridized carbons (Fsp3) is 0.211. The van der Waals surface area contributed by atoms with Gasteiger partial charge in [0.05, 0.1) is 18.7 Å². The Bertz CT molecular complexity index is 753. The van der Waals surface area contributed by atoms with E-state index < -0.39 is 5.97 Å². The molecule has 0 saturated heterocycles. The summed E-state index contributed by atoms with van der Waals surface area (Å²) in [7, 11) is 3.14. The van der Waals surface area contributed by atoms with E-state index in [9.17, 15) is 4.79 Å². The van der Waals surface area contributed by atoms with Gasteiger partial charge >= 0.3 is 5.97 Å². The molecular weight excluding hydrogens is 372 g/mol. The zero-order valence-electron chi connectivity index (χ0n) is 13.8. The number of methoxy groups -OCH3 is 2. The molecule has 24 heavy (non-hydrogen) atoms. The Labute approximate surface area is 150 Å². The predicted octanol–water partition coefficient (Wildman–Crippen LogP) is 4.65. The minimum Gasteiger partial charge on any atom is -0.493 e. The van der Waals surface area contributed by atoms with E-state index in [2.05, 4.69) is 22.9 Å². The normalized spacial score (nSPS) is 10.7. The highest BCUT2D eigenvalue weighted by atomic mass is 79.9. The summed E-state index contributed by atoms with van der Waals surface area (Å²) in [5.74, 6) is 1.28. The number of carbonyl (C=O) groups is 1. The van der Waals surface area contributed by atoms with Crippen LogP contribution in [0.2, 0.25) is 0 Å². The number of halogens is 1. The molecule has 0 spiro atoms. The van der Waals surface area contributed by atoms with E-state index in [1.807, 2.05) is 18.2 Å². The fourth-order valence-corrected chi connectivity index (χ4v) is 2.62. The van der Waals surface area contributed by atoms with Crippen LogP contribution in [0, 0.1) is 0 Å². The van der Waals surface area contributed by atoms with E-state index >= 15 is 0 Å². The van der Waals surface area contributed by atoms with Crippen LogP contribution in [-0.4, -0.2) is 20.2 Å². The number of hydrogen-bond acceptors (Lipinski definition) is 4. The molecule has 126 valence electrons. The summed E-state index contributed by atoms with van der Waals surface area (Å²) in [4.78, 5) is 12.0. The maximum Gasteiger partial charge on any atom is 0.336 e. The smallest absolute Gasteiger partial charge is 0.336 e. The molecule has 0 unspecified atom stereocenters. The molecule has 4 nitrogen and oxygen atoms in total. The molecule has 0 amide bonds. The van der Waals surface area contributed by atoms with Crippen LogP contribution in [-0.2, 0) is 11.2 Å². The van der Waals surface area contributed by atoms with Crippen molar-refractivity contribution in [2.45, 2.75) is 13.3 Å². The van der Waals surface area contributed by atoms with E-state index in [4.69, 9.17) is 14.2 Å². The fourth-order valence-electron chi connectivity index (χ4n) is 2.11. The van der Waals surface area contributed by atoms with Crippen LogP contribution >= 0.6 is 15.9 Å². The quantitative estimate of drug-likeness (QED) is 0.409. The van der Waals surface area contributed by atoms with Crippen LogP contribution in [0.25, 0.3) is 6.08 Å². The number of hydrogen-bond donors (Lipinski definition) is 0. The second-order valence-corrected chi connectivity index (χ2v) is 5.84. The Kier molecular flexibility index (Phi) is 6.44. The van der Waals surface area contributed by atoms with Crippen LogP contribution in [0.15, 0.2) is 46.9 Å². The molecule has 5 heteroatoms. The Morgan fingerprint density at radius 3 is 2.38 bits per heavy atom. The number of esters is 1. The largest absolute Gasteiger partial charge is 0.493 e. The van der Waals surface area contributed by atoms with Gasteiger partial charge in [-0.05, 0) is 63.8 Å². The highest BCUT2D eigenvalue weighted by Crippen LogP contribution is 2.28. The molecule has 0 N–H and O–H groups in total. The lowest BCUT2D eigenvalue weighted by molar-refractivity contribution is -0.128. The summed E-state index contributed by atoms with van der Waals surface area (Å²) < 4.78 is 16.5. The molecule has 0 aromatic heterocycles. The predicted molar refractivity (Wildman–Crippen MR) is 97.7 cm³/mol. The first-order valence-corrected chi connectivity index (χ1v) is 8.27. The molecule has 2 aromatic carbocycles. The molecule has 0 saturated carbocycles. The lowest BCUT2D eigenvalue weighted by atomic mass is 10.2. The lowest BCUT2D eigenvalue weighted by Crippen LogP contribution is -2.04.